The Morgan fingerprint density at radius 3 is 2.32 bits per heavy atom. The summed E-state index contributed by atoms with van der Waals surface area (Å²) in [7, 11) is 0. The number of nitrogens with one attached hydrogen (secondary N) is 1. The Labute approximate surface area is 123 Å². The highest BCUT2D eigenvalue weighted by atomic mass is 79.9. The van der Waals surface area contributed by atoms with E-state index in [4.69, 9.17) is 0 Å². The zero-order valence-corrected chi connectivity index (χ0v) is 13.0. The summed E-state index contributed by atoms with van der Waals surface area (Å²) < 4.78 is 28.1. The predicted octanol–water partition coefficient (Wildman–Crippen LogP) is 5.60. The molecule has 0 bridgehead atoms. The Kier molecular flexibility index (Phi) is 4.58. The fraction of sp³-hybridized carbons (Fsp3) is 0.286. The third-order valence-electron chi connectivity index (χ3n) is 2.82. The summed E-state index contributed by atoms with van der Waals surface area (Å²) >= 11 is 4.65. The molecule has 0 amide bonds. The number of thiophene rings is 1. The fourth-order valence-electron chi connectivity index (χ4n) is 1.87. The molecule has 0 saturated carbocycles. The van der Waals surface area contributed by atoms with Crippen LogP contribution in [0, 0.1) is 17.6 Å². The van der Waals surface area contributed by atoms with Gasteiger partial charge in [0.25, 0.3) is 0 Å². The summed E-state index contributed by atoms with van der Waals surface area (Å²) in [6.45, 7) is 4.04. The lowest BCUT2D eigenvalue weighted by molar-refractivity contribution is 0.533. The quantitative estimate of drug-likeness (QED) is 0.760. The van der Waals surface area contributed by atoms with Gasteiger partial charge in [-0.1, -0.05) is 35.8 Å². The average molecular weight is 346 g/mol. The van der Waals surface area contributed by atoms with Crippen LogP contribution >= 0.6 is 27.3 Å². The second-order valence-electron chi connectivity index (χ2n) is 4.63. The molecule has 1 nitrogen and oxygen atoms in total. The molecule has 0 saturated heterocycles. The van der Waals surface area contributed by atoms with E-state index in [2.05, 4.69) is 21.2 Å². The van der Waals surface area contributed by atoms with Crippen molar-refractivity contribution in [1.29, 1.82) is 0 Å². The molecule has 0 radical (unpaired) electrons. The van der Waals surface area contributed by atoms with Crippen LogP contribution in [0.1, 0.15) is 24.8 Å². The van der Waals surface area contributed by atoms with Crippen LogP contribution in [0.15, 0.2) is 34.1 Å². The van der Waals surface area contributed by atoms with Gasteiger partial charge in [0.15, 0.2) is 0 Å². The van der Waals surface area contributed by atoms with Gasteiger partial charge in [0.05, 0.1) is 6.04 Å². The number of hydrogen-bond donors (Lipinski definition) is 1. The number of benzene rings is 1. The molecule has 5 heteroatoms. The van der Waals surface area contributed by atoms with E-state index in [1.165, 1.54) is 12.1 Å². The van der Waals surface area contributed by atoms with E-state index in [9.17, 15) is 8.78 Å². The van der Waals surface area contributed by atoms with Gasteiger partial charge in [0.2, 0.25) is 0 Å². The van der Waals surface area contributed by atoms with E-state index in [-0.39, 0.29) is 17.6 Å². The van der Waals surface area contributed by atoms with Crippen molar-refractivity contribution in [2.75, 3.05) is 5.32 Å². The first kappa shape index (κ1) is 14.5. The molecular formula is C14H14BrF2NS. The lowest BCUT2D eigenvalue weighted by Gasteiger charge is -2.23. The van der Waals surface area contributed by atoms with Gasteiger partial charge in [-0.25, -0.2) is 8.78 Å². The zero-order valence-electron chi connectivity index (χ0n) is 10.6. The van der Waals surface area contributed by atoms with Crippen molar-refractivity contribution in [2.24, 2.45) is 5.92 Å². The van der Waals surface area contributed by atoms with Crippen LogP contribution in [0.3, 0.4) is 0 Å². The van der Waals surface area contributed by atoms with Gasteiger partial charge in [-0.15, -0.1) is 11.3 Å². The third-order valence-corrected chi connectivity index (χ3v) is 4.24. The minimum Gasteiger partial charge on any atom is -0.372 e. The van der Waals surface area contributed by atoms with Gasteiger partial charge in [-0.3, -0.25) is 0 Å². The number of hydrogen-bond acceptors (Lipinski definition) is 2. The molecule has 2 rings (SSSR count). The van der Waals surface area contributed by atoms with Crippen LogP contribution in [0.2, 0.25) is 0 Å². The fourth-order valence-corrected chi connectivity index (χ4v) is 3.22. The van der Waals surface area contributed by atoms with Crippen LogP contribution in [0.4, 0.5) is 14.5 Å². The van der Waals surface area contributed by atoms with Crippen LogP contribution in [-0.2, 0) is 0 Å². The van der Waals surface area contributed by atoms with E-state index in [0.717, 1.165) is 4.88 Å². The molecule has 1 heterocycles. The number of rotatable bonds is 4. The first-order valence-corrected chi connectivity index (χ1v) is 7.60. The Bertz CT molecular complexity index is 532. The summed E-state index contributed by atoms with van der Waals surface area (Å²) in [5, 5.41) is 4.94. The minimum atomic E-state index is -0.589. The molecular weight excluding hydrogens is 332 g/mol. The lowest BCUT2D eigenvalue weighted by Crippen LogP contribution is -2.17. The highest BCUT2D eigenvalue weighted by Gasteiger charge is 2.20. The molecule has 102 valence electrons. The van der Waals surface area contributed by atoms with Crippen molar-refractivity contribution in [3.63, 3.8) is 0 Å². The summed E-state index contributed by atoms with van der Waals surface area (Å²) in [5.41, 5.74) is -0.0738. The van der Waals surface area contributed by atoms with Crippen molar-refractivity contribution < 1.29 is 8.78 Å². The topological polar surface area (TPSA) is 12.0 Å². The van der Waals surface area contributed by atoms with E-state index in [0.29, 0.717) is 4.47 Å². The maximum atomic E-state index is 13.8. The summed E-state index contributed by atoms with van der Waals surface area (Å²) in [4.78, 5) is 1.07. The van der Waals surface area contributed by atoms with Crippen molar-refractivity contribution in [3.05, 3.63) is 50.6 Å². The first-order valence-electron chi connectivity index (χ1n) is 5.93. The number of halogens is 3. The van der Waals surface area contributed by atoms with E-state index < -0.39 is 11.6 Å². The molecule has 1 aromatic heterocycles. The molecule has 1 aromatic carbocycles. The van der Waals surface area contributed by atoms with Crippen molar-refractivity contribution in [2.45, 2.75) is 19.9 Å². The van der Waals surface area contributed by atoms with Crippen LogP contribution in [0.5, 0.6) is 0 Å². The average Bonchev–Trinajstić information content (AvgIpc) is 2.80. The SMILES string of the molecule is CC(C)C(Nc1c(F)cc(Br)cc1F)c1cccs1. The second kappa shape index (κ2) is 6.01. The molecule has 1 N–H and O–H groups in total. The van der Waals surface area contributed by atoms with Gasteiger partial charge in [0, 0.05) is 9.35 Å². The standard InChI is InChI=1S/C14H14BrF2NS/c1-8(2)13(12-4-3-5-19-12)18-14-10(16)6-9(15)7-11(14)17/h3-8,13,18H,1-2H3. The van der Waals surface area contributed by atoms with Crippen molar-refractivity contribution >= 4 is 33.0 Å². The van der Waals surface area contributed by atoms with Crippen molar-refractivity contribution in [3.8, 4) is 0 Å². The Morgan fingerprint density at radius 1 is 1.21 bits per heavy atom. The Balaban J connectivity index is 2.33. The maximum Gasteiger partial charge on any atom is 0.150 e. The minimum absolute atomic E-state index is 0.0738. The third kappa shape index (κ3) is 3.34. The smallest absolute Gasteiger partial charge is 0.150 e. The van der Waals surface area contributed by atoms with Crippen LogP contribution in [-0.4, -0.2) is 0 Å². The van der Waals surface area contributed by atoms with Crippen molar-refractivity contribution in [1.82, 2.24) is 0 Å². The summed E-state index contributed by atoms with van der Waals surface area (Å²) in [6.07, 6.45) is 0. The molecule has 1 atom stereocenters. The maximum absolute atomic E-state index is 13.8. The number of anilines is 1. The normalized spacial score (nSPS) is 12.7. The van der Waals surface area contributed by atoms with E-state index >= 15 is 0 Å². The Morgan fingerprint density at radius 2 is 1.84 bits per heavy atom. The predicted molar refractivity (Wildman–Crippen MR) is 79.6 cm³/mol. The molecule has 0 aliphatic carbocycles. The summed E-state index contributed by atoms with van der Waals surface area (Å²) in [6, 6.07) is 6.32. The van der Waals surface area contributed by atoms with E-state index in [1.54, 1.807) is 11.3 Å². The van der Waals surface area contributed by atoms with Crippen LogP contribution < -0.4 is 5.32 Å². The molecule has 1 unspecified atom stereocenters. The molecule has 2 aromatic rings. The molecule has 0 spiro atoms. The molecule has 19 heavy (non-hydrogen) atoms. The highest BCUT2D eigenvalue weighted by Crippen LogP contribution is 2.32. The summed E-state index contributed by atoms with van der Waals surface area (Å²) in [5.74, 6) is -0.954. The monoisotopic (exact) mass is 345 g/mol. The van der Waals surface area contributed by atoms with Crippen LogP contribution in [0.25, 0.3) is 0 Å². The van der Waals surface area contributed by atoms with Gasteiger partial charge in [-0.2, -0.15) is 0 Å². The highest BCUT2D eigenvalue weighted by molar-refractivity contribution is 9.10. The van der Waals surface area contributed by atoms with Gasteiger partial charge < -0.3 is 5.32 Å². The molecule has 0 aliphatic heterocycles. The second-order valence-corrected chi connectivity index (χ2v) is 6.52. The first-order chi connectivity index (χ1) is 8.99. The zero-order chi connectivity index (χ0) is 14.0. The van der Waals surface area contributed by atoms with Gasteiger partial charge in [-0.05, 0) is 29.5 Å². The molecule has 0 fully saturated rings. The van der Waals surface area contributed by atoms with Gasteiger partial charge in [0.1, 0.15) is 17.3 Å². The largest absolute Gasteiger partial charge is 0.372 e. The van der Waals surface area contributed by atoms with Gasteiger partial charge >= 0.3 is 0 Å². The Hall–Kier alpha value is -0.940. The van der Waals surface area contributed by atoms with E-state index in [1.807, 2.05) is 31.4 Å². The lowest BCUT2D eigenvalue weighted by atomic mass is 10.0. The molecule has 0 aliphatic rings.